The Morgan fingerprint density at radius 2 is 1.74 bits per heavy atom. The molecular formula is C20H21Cl2NO4. The molecule has 2 aromatic rings. The Balaban J connectivity index is 1.95. The summed E-state index contributed by atoms with van der Waals surface area (Å²) >= 11 is 12.0. The van der Waals surface area contributed by atoms with Crippen LogP contribution in [0.3, 0.4) is 0 Å². The van der Waals surface area contributed by atoms with Crippen LogP contribution >= 0.6 is 23.2 Å². The van der Waals surface area contributed by atoms with E-state index in [1.165, 1.54) is 6.92 Å². The number of amides is 1. The van der Waals surface area contributed by atoms with Crippen LogP contribution < -0.4 is 5.32 Å². The summed E-state index contributed by atoms with van der Waals surface area (Å²) in [6.45, 7) is 3.76. The third-order valence-electron chi connectivity index (χ3n) is 3.94. The highest BCUT2D eigenvalue weighted by Gasteiger charge is 2.21. The van der Waals surface area contributed by atoms with E-state index in [4.69, 9.17) is 32.7 Å². The quantitative estimate of drug-likeness (QED) is 0.680. The number of methoxy groups -OCH3 is 1. The van der Waals surface area contributed by atoms with Gasteiger partial charge in [-0.2, -0.15) is 0 Å². The van der Waals surface area contributed by atoms with Gasteiger partial charge in [0.25, 0.3) is 5.91 Å². The minimum Gasteiger partial charge on any atom is -0.449 e. The summed E-state index contributed by atoms with van der Waals surface area (Å²) in [4.78, 5) is 24.5. The van der Waals surface area contributed by atoms with Gasteiger partial charge in [0.05, 0.1) is 18.2 Å². The third-order valence-corrected chi connectivity index (χ3v) is 4.50. The smallest absolute Gasteiger partial charge is 0.338 e. The van der Waals surface area contributed by atoms with Gasteiger partial charge >= 0.3 is 5.97 Å². The van der Waals surface area contributed by atoms with Crippen molar-refractivity contribution in [1.29, 1.82) is 0 Å². The zero-order valence-electron chi connectivity index (χ0n) is 15.3. The average molecular weight is 410 g/mol. The summed E-state index contributed by atoms with van der Waals surface area (Å²) in [5.41, 5.74) is 2.03. The summed E-state index contributed by atoms with van der Waals surface area (Å²) in [7, 11) is 1.60. The van der Waals surface area contributed by atoms with Crippen LogP contribution in [0.5, 0.6) is 0 Å². The molecule has 0 heterocycles. The second-order valence-electron chi connectivity index (χ2n) is 6.07. The van der Waals surface area contributed by atoms with Crippen LogP contribution in [0.2, 0.25) is 10.0 Å². The van der Waals surface area contributed by atoms with E-state index in [2.05, 4.69) is 5.32 Å². The Kier molecular flexibility index (Phi) is 7.66. The molecule has 1 N–H and O–H groups in total. The summed E-state index contributed by atoms with van der Waals surface area (Å²) < 4.78 is 10.3. The zero-order valence-corrected chi connectivity index (χ0v) is 16.8. The number of halogens is 2. The fourth-order valence-electron chi connectivity index (χ4n) is 2.45. The lowest BCUT2D eigenvalue weighted by molar-refractivity contribution is -0.129. The Hall–Kier alpha value is -2.08. The number of nitrogens with one attached hydrogen (secondary N) is 1. The molecule has 1 amide bonds. The highest BCUT2D eigenvalue weighted by molar-refractivity contribution is 6.35. The van der Waals surface area contributed by atoms with Crippen molar-refractivity contribution in [2.24, 2.45) is 0 Å². The van der Waals surface area contributed by atoms with E-state index in [1.807, 2.05) is 0 Å². The van der Waals surface area contributed by atoms with E-state index in [-0.39, 0.29) is 6.04 Å². The highest BCUT2D eigenvalue weighted by Crippen LogP contribution is 2.26. The van der Waals surface area contributed by atoms with E-state index in [1.54, 1.807) is 56.5 Å². The second-order valence-corrected chi connectivity index (χ2v) is 6.92. The first-order valence-electron chi connectivity index (χ1n) is 8.36. The molecule has 0 aliphatic heterocycles. The lowest BCUT2D eigenvalue weighted by Gasteiger charge is -2.19. The first-order chi connectivity index (χ1) is 12.8. The lowest BCUT2D eigenvalue weighted by Crippen LogP contribution is -2.37. The summed E-state index contributed by atoms with van der Waals surface area (Å²) in [5, 5.41) is 3.75. The minimum absolute atomic E-state index is 0.364. The molecule has 2 rings (SSSR count). The first kappa shape index (κ1) is 21.2. The Morgan fingerprint density at radius 1 is 1.07 bits per heavy atom. The van der Waals surface area contributed by atoms with Gasteiger partial charge in [0.1, 0.15) is 0 Å². The van der Waals surface area contributed by atoms with Crippen LogP contribution in [0.25, 0.3) is 0 Å². The molecule has 0 spiro atoms. The average Bonchev–Trinajstić information content (AvgIpc) is 2.62. The maximum atomic E-state index is 12.3. The van der Waals surface area contributed by atoms with Crippen LogP contribution in [-0.2, 0) is 20.9 Å². The molecule has 0 fully saturated rings. The molecule has 5 nitrogen and oxygen atoms in total. The van der Waals surface area contributed by atoms with Crippen molar-refractivity contribution in [3.05, 3.63) is 69.2 Å². The molecule has 0 bridgehead atoms. The summed E-state index contributed by atoms with van der Waals surface area (Å²) in [6, 6.07) is 11.5. The molecule has 7 heteroatoms. The van der Waals surface area contributed by atoms with Crippen molar-refractivity contribution in [2.75, 3.05) is 7.11 Å². The second kappa shape index (κ2) is 9.74. The van der Waals surface area contributed by atoms with Crippen molar-refractivity contribution >= 4 is 35.1 Å². The molecule has 0 saturated carbocycles. The number of carbonyl (C=O) groups excluding carboxylic acids is 2. The Bertz CT molecular complexity index is 808. The maximum absolute atomic E-state index is 12.3. The van der Waals surface area contributed by atoms with Gasteiger partial charge in [-0.1, -0.05) is 41.4 Å². The van der Waals surface area contributed by atoms with Gasteiger partial charge < -0.3 is 14.8 Å². The fourth-order valence-corrected chi connectivity index (χ4v) is 3.02. The predicted molar refractivity (Wildman–Crippen MR) is 105 cm³/mol. The first-order valence-corrected chi connectivity index (χ1v) is 9.11. The number of carbonyl (C=O) groups is 2. The Morgan fingerprint density at radius 3 is 2.33 bits per heavy atom. The number of rotatable bonds is 7. The summed E-state index contributed by atoms with van der Waals surface area (Å²) in [5.74, 6) is -0.989. The van der Waals surface area contributed by atoms with Crippen molar-refractivity contribution in [2.45, 2.75) is 32.6 Å². The topological polar surface area (TPSA) is 64.6 Å². The molecule has 2 unspecified atom stereocenters. The lowest BCUT2D eigenvalue weighted by atomic mass is 10.1. The van der Waals surface area contributed by atoms with Crippen LogP contribution in [0.1, 0.15) is 41.4 Å². The molecule has 0 radical (unpaired) electrons. The van der Waals surface area contributed by atoms with Crippen molar-refractivity contribution in [3.8, 4) is 0 Å². The van der Waals surface area contributed by atoms with Gasteiger partial charge in [-0.3, -0.25) is 4.79 Å². The molecule has 0 aliphatic rings. The van der Waals surface area contributed by atoms with Crippen LogP contribution in [0, 0.1) is 0 Å². The van der Waals surface area contributed by atoms with Crippen LogP contribution in [-0.4, -0.2) is 25.1 Å². The molecule has 144 valence electrons. The van der Waals surface area contributed by atoms with Crippen molar-refractivity contribution < 1.29 is 19.1 Å². The van der Waals surface area contributed by atoms with E-state index in [0.29, 0.717) is 22.2 Å². The molecule has 2 atom stereocenters. The normalized spacial score (nSPS) is 12.9. The Labute approximate surface area is 168 Å². The third kappa shape index (κ3) is 5.96. The molecular weight excluding hydrogens is 389 g/mol. The fraction of sp³-hybridized carbons (Fsp3) is 0.300. The van der Waals surface area contributed by atoms with E-state index in [0.717, 1.165) is 11.1 Å². The maximum Gasteiger partial charge on any atom is 0.338 e. The molecule has 27 heavy (non-hydrogen) atoms. The van der Waals surface area contributed by atoms with Gasteiger partial charge in [0, 0.05) is 17.2 Å². The van der Waals surface area contributed by atoms with Crippen LogP contribution in [0.15, 0.2) is 42.5 Å². The van der Waals surface area contributed by atoms with Crippen molar-refractivity contribution in [1.82, 2.24) is 5.32 Å². The predicted octanol–water partition coefficient (Wildman–Crippen LogP) is 4.56. The zero-order chi connectivity index (χ0) is 20.0. The van der Waals surface area contributed by atoms with Crippen molar-refractivity contribution in [3.63, 3.8) is 0 Å². The molecule has 0 saturated heterocycles. The number of ether oxygens (including phenoxy) is 2. The van der Waals surface area contributed by atoms with Gasteiger partial charge in [0.15, 0.2) is 6.10 Å². The summed E-state index contributed by atoms with van der Waals surface area (Å²) in [6.07, 6.45) is -0.954. The standard InChI is InChI=1S/C20H21Cl2NO4/c1-12(17-9-8-16(21)10-18(17)22)23-19(24)13(2)27-20(25)15-6-4-14(5-7-15)11-26-3/h4-10,12-13H,11H2,1-3H3,(H,23,24). The molecule has 0 aromatic heterocycles. The van der Waals surface area contributed by atoms with Gasteiger partial charge in [-0.05, 0) is 49.2 Å². The molecule has 2 aromatic carbocycles. The van der Waals surface area contributed by atoms with Gasteiger partial charge in [-0.25, -0.2) is 4.79 Å². The SMILES string of the molecule is COCc1ccc(C(=O)OC(C)C(=O)NC(C)c2ccc(Cl)cc2Cl)cc1. The monoisotopic (exact) mass is 409 g/mol. The number of benzene rings is 2. The van der Waals surface area contributed by atoms with E-state index in [9.17, 15) is 9.59 Å². The van der Waals surface area contributed by atoms with Crippen LogP contribution in [0.4, 0.5) is 0 Å². The van der Waals surface area contributed by atoms with Gasteiger partial charge in [0.2, 0.25) is 0 Å². The van der Waals surface area contributed by atoms with E-state index < -0.39 is 18.0 Å². The largest absolute Gasteiger partial charge is 0.449 e. The number of hydrogen-bond acceptors (Lipinski definition) is 4. The minimum atomic E-state index is -0.954. The van der Waals surface area contributed by atoms with Gasteiger partial charge in [-0.15, -0.1) is 0 Å². The highest BCUT2D eigenvalue weighted by atomic mass is 35.5. The van der Waals surface area contributed by atoms with E-state index >= 15 is 0 Å². The molecule has 0 aliphatic carbocycles. The number of hydrogen-bond donors (Lipinski definition) is 1. The number of esters is 1.